The summed E-state index contributed by atoms with van der Waals surface area (Å²) in [5, 5.41) is 0. The number of aromatic nitrogens is 1. The van der Waals surface area contributed by atoms with E-state index in [4.69, 9.17) is 9.47 Å². The SMILES string of the molecule is CC[C@]1(C(=O)N2C[C@H]3C[C@@H]2CN3c2cccc(C(F)(F)F)n2)CC[C@@H](C[C@H]2CCOC[C@H]2OC)C1. The van der Waals surface area contributed by atoms with Crippen molar-refractivity contribution in [2.75, 3.05) is 38.3 Å². The second kappa shape index (κ2) is 9.54. The Morgan fingerprint density at radius 3 is 2.77 bits per heavy atom. The van der Waals surface area contributed by atoms with Crippen molar-refractivity contribution in [2.24, 2.45) is 17.3 Å². The standard InChI is InChI=1S/C26H36F3N3O3/c1-3-25(9-7-17(13-25)11-18-8-10-35-16-21(18)34-2)24(33)32-15-19-12-20(32)14-31(19)23-6-4-5-22(30-23)26(27,28)29/h4-6,17-21H,3,7-16H2,1-2H3/t17-,18+,19+,20+,21+,25-/m0/s1. The van der Waals surface area contributed by atoms with Crippen LogP contribution < -0.4 is 4.90 Å². The number of carbonyl (C=O) groups is 1. The van der Waals surface area contributed by atoms with Crippen LogP contribution in [0, 0.1) is 17.3 Å². The Morgan fingerprint density at radius 1 is 1.26 bits per heavy atom. The first kappa shape index (κ1) is 24.8. The lowest BCUT2D eigenvalue weighted by Gasteiger charge is -2.40. The zero-order valence-electron chi connectivity index (χ0n) is 20.6. The fraction of sp³-hybridized carbons (Fsp3) is 0.769. The van der Waals surface area contributed by atoms with E-state index < -0.39 is 11.9 Å². The van der Waals surface area contributed by atoms with E-state index in [9.17, 15) is 18.0 Å². The van der Waals surface area contributed by atoms with E-state index in [2.05, 4.69) is 11.9 Å². The molecule has 3 aliphatic heterocycles. The van der Waals surface area contributed by atoms with Crippen LogP contribution in [0.1, 0.15) is 57.6 Å². The number of rotatable bonds is 6. The molecule has 4 heterocycles. The van der Waals surface area contributed by atoms with Crippen LogP contribution in [0.4, 0.5) is 19.0 Å². The molecule has 1 saturated carbocycles. The number of likely N-dealkylation sites (tertiary alicyclic amines) is 1. The van der Waals surface area contributed by atoms with Crippen molar-refractivity contribution in [3.63, 3.8) is 0 Å². The van der Waals surface area contributed by atoms with Gasteiger partial charge in [-0.1, -0.05) is 13.0 Å². The average molecular weight is 496 g/mol. The quantitative estimate of drug-likeness (QED) is 0.581. The first-order chi connectivity index (χ1) is 16.7. The number of amides is 1. The van der Waals surface area contributed by atoms with Crippen LogP contribution in [0.3, 0.4) is 0 Å². The number of piperazine rings is 1. The third kappa shape index (κ3) is 4.66. The summed E-state index contributed by atoms with van der Waals surface area (Å²) in [6.07, 6.45) is 2.30. The lowest BCUT2D eigenvalue weighted by atomic mass is 9.79. The van der Waals surface area contributed by atoms with E-state index in [-0.39, 0.29) is 29.5 Å². The van der Waals surface area contributed by atoms with E-state index in [1.807, 2.05) is 9.80 Å². The molecule has 6 atom stereocenters. The number of fused-ring (bicyclic) bond motifs is 2. The van der Waals surface area contributed by atoms with Gasteiger partial charge in [-0.05, 0) is 68.9 Å². The predicted octanol–water partition coefficient (Wildman–Crippen LogP) is 4.53. The van der Waals surface area contributed by atoms with Gasteiger partial charge in [0.25, 0.3) is 0 Å². The molecule has 0 spiro atoms. The van der Waals surface area contributed by atoms with Gasteiger partial charge in [-0.15, -0.1) is 0 Å². The van der Waals surface area contributed by atoms with Crippen molar-refractivity contribution in [3.05, 3.63) is 23.9 Å². The Morgan fingerprint density at radius 2 is 2.09 bits per heavy atom. The summed E-state index contributed by atoms with van der Waals surface area (Å²) in [4.78, 5) is 21.7. The van der Waals surface area contributed by atoms with Crippen molar-refractivity contribution in [1.82, 2.24) is 9.88 Å². The molecular formula is C26H36F3N3O3. The van der Waals surface area contributed by atoms with Crippen molar-refractivity contribution >= 4 is 11.7 Å². The number of anilines is 1. The number of carbonyl (C=O) groups excluding carboxylic acids is 1. The largest absolute Gasteiger partial charge is 0.433 e. The maximum absolute atomic E-state index is 13.9. The molecule has 1 aromatic rings. The normalized spacial score (nSPS) is 35.2. The molecule has 3 saturated heterocycles. The molecule has 1 amide bonds. The average Bonchev–Trinajstić information content (AvgIpc) is 3.58. The van der Waals surface area contributed by atoms with Crippen molar-refractivity contribution < 1.29 is 27.4 Å². The van der Waals surface area contributed by atoms with Gasteiger partial charge in [-0.3, -0.25) is 4.79 Å². The van der Waals surface area contributed by atoms with E-state index in [1.54, 1.807) is 13.2 Å². The number of nitrogens with zero attached hydrogens (tertiary/aromatic N) is 3. The first-order valence-corrected chi connectivity index (χ1v) is 13.0. The van der Waals surface area contributed by atoms with Gasteiger partial charge in [0.1, 0.15) is 11.5 Å². The van der Waals surface area contributed by atoms with Crippen LogP contribution >= 0.6 is 0 Å². The topological polar surface area (TPSA) is 54.9 Å². The Balaban J connectivity index is 1.23. The van der Waals surface area contributed by atoms with Gasteiger partial charge in [0.2, 0.25) is 5.91 Å². The van der Waals surface area contributed by atoms with Crippen molar-refractivity contribution in [3.8, 4) is 0 Å². The Bertz CT molecular complexity index is 929. The summed E-state index contributed by atoms with van der Waals surface area (Å²) in [5.41, 5.74) is -1.19. The molecule has 0 unspecified atom stereocenters. The van der Waals surface area contributed by atoms with Crippen molar-refractivity contribution in [1.29, 1.82) is 0 Å². The Kier molecular flexibility index (Phi) is 6.76. The molecule has 1 aromatic heterocycles. The fourth-order valence-electron chi connectivity index (χ4n) is 7.06. The number of methoxy groups -OCH3 is 1. The summed E-state index contributed by atoms with van der Waals surface area (Å²) in [7, 11) is 1.75. The van der Waals surface area contributed by atoms with Crippen LogP contribution in [-0.2, 0) is 20.4 Å². The number of hydrogen-bond donors (Lipinski definition) is 0. The predicted molar refractivity (Wildman–Crippen MR) is 125 cm³/mol. The maximum Gasteiger partial charge on any atom is 0.433 e. The first-order valence-electron chi connectivity index (χ1n) is 13.0. The smallest absolute Gasteiger partial charge is 0.379 e. The van der Waals surface area contributed by atoms with E-state index >= 15 is 0 Å². The van der Waals surface area contributed by atoms with E-state index in [0.717, 1.165) is 57.6 Å². The minimum atomic E-state index is -4.46. The van der Waals surface area contributed by atoms with Crippen LogP contribution in [0.5, 0.6) is 0 Å². The number of alkyl halides is 3. The molecule has 35 heavy (non-hydrogen) atoms. The van der Waals surface area contributed by atoms with Gasteiger partial charge in [0.05, 0.1) is 24.8 Å². The van der Waals surface area contributed by atoms with Gasteiger partial charge >= 0.3 is 6.18 Å². The summed E-state index contributed by atoms with van der Waals surface area (Å²) < 4.78 is 50.6. The van der Waals surface area contributed by atoms with E-state index in [0.29, 0.717) is 37.4 Å². The monoisotopic (exact) mass is 495 g/mol. The molecule has 0 radical (unpaired) electrons. The van der Waals surface area contributed by atoms with Gasteiger partial charge < -0.3 is 19.3 Å². The second-order valence-corrected chi connectivity index (χ2v) is 10.9. The minimum absolute atomic E-state index is 0.0238. The Labute approximate surface area is 205 Å². The summed E-state index contributed by atoms with van der Waals surface area (Å²) >= 11 is 0. The third-order valence-electron chi connectivity index (χ3n) is 9.04. The molecule has 194 valence electrons. The zero-order valence-corrected chi connectivity index (χ0v) is 20.6. The number of halogens is 3. The number of ether oxygens (including phenoxy) is 2. The van der Waals surface area contributed by atoms with Gasteiger partial charge in [0.15, 0.2) is 0 Å². The zero-order chi connectivity index (χ0) is 24.8. The molecule has 0 aromatic carbocycles. The van der Waals surface area contributed by atoms with Crippen molar-refractivity contribution in [2.45, 2.75) is 76.2 Å². The van der Waals surface area contributed by atoms with Crippen LogP contribution in [0.2, 0.25) is 0 Å². The lowest BCUT2D eigenvalue weighted by Crippen LogP contribution is -2.53. The third-order valence-corrected chi connectivity index (χ3v) is 9.04. The molecule has 2 bridgehead atoms. The van der Waals surface area contributed by atoms with Crippen LogP contribution in [-0.4, -0.2) is 67.4 Å². The molecular weight excluding hydrogens is 459 g/mol. The highest BCUT2D eigenvalue weighted by Gasteiger charge is 2.53. The summed E-state index contributed by atoms with van der Waals surface area (Å²) in [5.74, 6) is 1.61. The lowest BCUT2D eigenvalue weighted by molar-refractivity contribution is -0.143. The molecule has 0 N–H and O–H groups in total. The molecule has 9 heteroatoms. The second-order valence-electron chi connectivity index (χ2n) is 10.9. The van der Waals surface area contributed by atoms with Crippen LogP contribution in [0.15, 0.2) is 18.2 Å². The number of pyridine rings is 1. The minimum Gasteiger partial charge on any atom is -0.379 e. The maximum atomic E-state index is 13.9. The summed E-state index contributed by atoms with van der Waals surface area (Å²) in [6.45, 7) is 4.67. The highest BCUT2D eigenvalue weighted by molar-refractivity contribution is 5.84. The number of hydrogen-bond acceptors (Lipinski definition) is 5. The van der Waals surface area contributed by atoms with Gasteiger partial charge in [-0.25, -0.2) is 4.98 Å². The van der Waals surface area contributed by atoms with Crippen LogP contribution in [0.25, 0.3) is 0 Å². The van der Waals surface area contributed by atoms with Gasteiger partial charge in [0, 0.05) is 32.2 Å². The molecule has 1 aliphatic carbocycles. The van der Waals surface area contributed by atoms with E-state index in [1.165, 1.54) is 6.07 Å². The summed E-state index contributed by atoms with van der Waals surface area (Å²) in [6, 6.07) is 4.12. The molecule has 6 nitrogen and oxygen atoms in total. The Hall–Kier alpha value is -1.87. The highest BCUT2D eigenvalue weighted by Crippen LogP contribution is 2.50. The van der Waals surface area contributed by atoms with Gasteiger partial charge in [-0.2, -0.15) is 13.2 Å². The molecule has 4 aliphatic rings. The molecule has 5 rings (SSSR count). The fourth-order valence-corrected chi connectivity index (χ4v) is 7.06. The molecule has 4 fully saturated rings. The highest BCUT2D eigenvalue weighted by atomic mass is 19.4.